The SMILES string of the molecule is C=C(O)C(=O)NCc1ccc(C(=O)CSc2nc(C)nc3ccc(OC)cc23)s1. The van der Waals surface area contributed by atoms with E-state index < -0.39 is 11.7 Å². The van der Waals surface area contributed by atoms with Crippen LogP contribution in [0.3, 0.4) is 0 Å². The minimum Gasteiger partial charge on any atom is -0.503 e. The Morgan fingerprint density at radius 2 is 2.07 bits per heavy atom. The van der Waals surface area contributed by atoms with Gasteiger partial charge in [0, 0.05) is 10.3 Å². The number of aromatic nitrogens is 2. The normalized spacial score (nSPS) is 10.7. The first-order chi connectivity index (χ1) is 13.9. The van der Waals surface area contributed by atoms with Crippen LogP contribution in [-0.4, -0.2) is 39.6 Å². The molecule has 0 fully saturated rings. The molecule has 0 spiro atoms. The summed E-state index contributed by atoms with van der Waals surface area (Å²) < 4.78 is 5.28. The van der Waals surface area contributed by atoms with E-state index in [9.17, 15) is 9.59 Å². The number of aliphatic hydroxyl groups excluding tert-OH is 1. The lowest BCUT2D eigenvalue weighted by Crippen LogP contribution is -2.23. The van der Waals surface area contributed by atoms with Crippen molar-refractivity contribution in [2.45, 2.75) is 18.5 Å². The third-order valence-electron chi connectivity index (χ3n) is 3.94. The molecular weight excluding hydrogens is 410 g/mol. The second-order valence-corrected chi connectivity index (χ2v) is 8.20. The van der Waals surface area contributed by atoms with Gasteiger partial charge < -0.3 is 15.2 Å². The van der Waals surface area contributed by atoms with E-state index in [2.05, 4.69) is 21.9 Å². The average Bonchev–Trinajstić information content (AvgIpc) is 3.18. The standard InChI is InChI=1S/C20H19N3O4S2/c1-11(24)19(26)21-9-14-5-7-18(29-14)17(25)10-28-20-15-8-13(27-3)4-6-16(15)22-12(2)23-20/h4-8,24H,1,9-10H2,2-3H3,(H,21,26). The summed E-state index contributed by atoms with van der Waals surface area (Å²) in [4.78, 5) is 34.3. The second kappa shape index (κ2) is 9.06. The van der Waals surface area contributed by atoms with E-state index in [1.165, 1.54) is 23.1 Å². The Hall–Kier alpha value is -2.91. The van der Waals surface area contributed by atoms with E-state index in [0.717, 1.165) is 20.8 Å². The van der Waals surface area contributed by atoms with Gasteiger partial charge in [-0.25, -0.2) is 9.97 Å². The maximum atomic E-state index is 12.6. The minimum atomic E-state index is -0.636. The van der Waals surface area contributed by atoms with E-state index in [1.807, 2.05) is 25.1 Å². The van der Waals surface area contributed by atoms with Gasteiger partial charge in [0.2, 0.25) is 0 Å². The van der Waals surface area contributed by atoms with Gasteiger partial charge in [0.15, 0.2) is 11.5 Å². The van der Waals surface area contributed by atoms with Gasteiger partial charge in [-0.1, -0.05) is 18.3 Å². The number of benzene rings is 1. The molecule has 0 radical (unpaired) electrons. The van der Waals surface area contributed by atoms with Crippen LogP contribution >= 0.6 is 23.1 Å². The molecule has 1 aromatic carbocycles. The number of fused-ring (bicyclic) bond motifs is 1. The second-order valence-electron chi connectivity index (χ2n) is 6.07. The molecule has 3 rings (SSSR count). The molecule has 29 heavy (non-hydrogen) atoms. The van der Waals surface area contributed by atoms with Crippen LogP contribution in [0, 0.1) is 6.92 Å². The smallest absolute Gasteiger partial charge is 0.285 e. The summed E-state index contributed by atoms with van der Waals surface area (Å²) in [5.74, 6) is 0.353. The Kier molecular flexibility index (Phi) is 6.50. The highest BCUT2D eigenvalue weighted by Gasteiger charge is 2.14. The highest BCUT2D eigenvalue weighted by atomic mass is 32.2. The maximum Gasteiger partial charge on any atom is 0.285 e. The summed E-state index contributed by atoms with van der Waals surface area (Å²) in [6.07, 6.45) is 0. The summed E-state index contributed by atoms with van der Waals surface area (Å²) in [5, 5.41) is 13.1. The number of hydrogen-bond acceptors (Lipinski definition) is 8. The molecule has 0 aliphatic carbocycles. The van der Waals surface area contributed by atoms with Gasteiger partial charge in [0.1, 0.15) is 16.6 Å². The van der Waals surface area contributed by atoms with Crippen molar-refractivity contribution in [3.63, 3.8) is 0 Å². The number of hydrogen-bond donors (Lipinski definition) is 2. The van der Waals surface area contributed by atoms with E-state index >= 15 is 0 Å². The van der Waals surface area contributed by atoms with Crippen LogP contribution in [0.5, 0.6) is 5.75 Å². The molecule has 0 aliphatic heterocycles. The van der Waals surface area contributed by atoms with Crippen molar-refractivity contribution >= 4 is 45.7 Å². The predicted molar refractivity (Wildman–Crippen MR) is 114 cm³/mol. The molecule has 1 amide bonds. The quantitative estimate of drug-likeness (QED) is 0.185. The number of nitrogens with one attached hydrogen (secondary N) is 1. The number of thioether (sulfide) groups is 1. The zero-order chi connectivity index (χ0) is 21.0. The molecule has 0 bridgehead atoms. The number of ketones is 1. The van der Waals surface area contributed by atoms with Crippen LogP contribution in [0.25, 0.3) is 10.9 Å². The Bertz CT molecular complexity index is 1090. The third kappa shape index (κ3) is 5.12. The minimum absolute atomic E-state index is 0.0311. The zero-order valence-corrected chi connectivity index (χ0v) is 17.5. The number of nitrogens with zero attached hydrogens (tertiary/aromatic N) is 2. The first-order valence-corrected chi connectivity index (χ1v) is 10.4. The molecular formula is C20H19N3O4S2. The topological polar surface area (TPSA) is 101 Å². The summed E-state index contributed by atoms with van der Waals surface area (Å²) in [6, 6.07) is 9.08. The molecule has 3 aromatic rings. The van der Waals surface area contributed by atoms with Crippen molar-refractivity contribution < 1.29 is 19.4 Å². The number of carbonyl (C=O) groups is 2. The largest absolute Gasteiger partial charge is 0.503 e. The zero-order valence-electron chi connectivity index (χ0n) is 15.9. The molecule has 2 aromatic heterocycles. The summed E-state index contributed by atoms with van der Waals surface area (Å²) in [5.41, 5.74) is 0.799. The van der Waals surface area contributed by atoms with E-state index in [4.69, 9.17) is 9.84 Å². The predicted octanol–water partition coefficient (Wildman–Crippen LogP) is 3.67. The lowest BCUT2D eigenvalue weighted by molar-refractivity contribution is -0.120. The van der Waals surface area contributed by atoms with Gasteiger partial charge in [0.25, 0.3) is 5.91 Å². The Morgan fingerprint density at radius 3 is 2.79 bits per heavy atom. The molecule has 0 atom stereocenters. The lowest BCUT2D eigenvalue weighted by Gasteiger charge is -2.08. The summed E-state index contributed by atoms with van der Waals surface area (Å²) in [7, 11) is 1.60. The van der Waals surface area contributed by atoms with Gasteiger partial charge in [-0.2, -0.15) is 0 Å². The third-order valence-corrected chi connectivity index (χ3v) is 6.06. The van der Waals surface area contributed by atoms with Gasteiger partial charge >= 0.3 is 0 Å². The number of methoxy groups -OCH3 is 1. The number of ether oxygens (including phenoxy) is 1. The molecule has 9 heteroatoms. The maximum absolute atomic E-state index is 12.6. The number of thiophene rings is 1. The van der Waals surface area contributed by atoms with E-state index in [-0.39, 0.29) is 18.1 Å². The van der Waals surface area contributed by atoms with Crippen LogP contribution in [0.15, 0.2) is 47.7 Å². The van der Waals surface area contributed by atoms with Gasteiger partial charge in [-0.15, -0.1) is 11.3 Å². The molecule has 2 N–H and O–H groups in total. The molecule has 0 aliphatic rings. The highest BCUT2D eigenvalue weighted by Crippen LogP contribution is 2.29. The van der Waals surface area contributed by atoms with E-state index in [0.29, 0.717) is 16.5 Å². The van der Waals surface area contributed by atoms with Gasteiger partial charge in [-0.05, 0) is 37.3 Å². The van der Waals surface area contributed by atoms with Crippen LogP contribution < -0.4 is 10.1 Å². The van der Waals surface area contributed by atoms with Crippen molar-refractivity contribution in [3.8, 4) is 5.75 Å². The van der Waals surface area contributed by atoms with Crippen LogP contribution in [0.2, 0.25) is 0 Å². The summed E-state index contributed by atoms with van der Waals surface area (Å²) >= 11 is 2.65. The molecule has 0 saturated carbocycles. The van der Waals surface area contributed by atoms with E-state index in [1.54, 1.807) is 19.2 Å². The fraction of sp³-hybridized carbons (Fsp3) is 0.200. The van der Waals surface area contributed by atoms with Crippen LogP contribution in [-0.2, 0) is 11.3 Å². The number of carbonyl (C=O) groups excluding carboxylic acids is 2. The van der Waals surface area contributed by atoms with Crippen LogP contribution in [0.1, 0.15) is 20.4 Å². The van der Waals surface area contributed by atoms with Gasteiger partial charge in [0.05, 0.1) is 29.8 Å². The molecule has 0 unspecified atom stereocenters. The van der Waals surface area contributed by atoms with Crippen molar-refractivity contribution in [2.75, 3.05) is 12.9 Å². The van der Waals surface area contributed by atoms with Crippen LogP contribution in [0.4, 0.5) is 0 Å². The number of Topliss-reactive ketones (excluding diaryl/α,β-unsaturated/α-hetero) is 1. The van der Waals surface area contributed by atoms with Crippen molar-refractivity contribution in [1.82, 2.24) is 15.3 Å². The molecule has 2 heterocycles. The Labute approximate surface area is 175 Å². The fourth-order valence-corrected chi connectivity index (χ4v) is 4.44. The molecule has 0 saturated heterocycles. The Morgan fingerprint density at radius 1 is 1.28 bits per heavy atom. The Balaban J connectivity index is 1.69. The number of amides is 1. The highest BCUT2D eigenvalue weighted by molar-refractivity contribution is 8.00. The van der Waals surface area contributed by atoms with Gasteiger partial charge in [-0.3, -0.25) is 9.59 Å². The van der Waals surface area contributed by atoms with Crippen molar-refractivity contribution in [1.29, 1.82) is 0 Å². The number of rotatable bonds is 8. The first kappa shape index (κ1) is 20.8. The van der Waals surface area contributed by atoms with Crippen molar-refractivity contribution in [3.05, 3.63) is 58.2 Å². The lowest BCUT2D eigenvalue weighted by atomic mass is 10.2. The van der Waals surface area contributed by atoms with Crippen molar-refractivity contribution in [2.24, 2.45) is 0 Å². The molecule has 150 valence electrons. The first-order valence-electron chi connectivity index (χ1n) is 8.60. The number of aliphatic hydroxyl groups is 1. The average molecular weight is 430 g/mol. The number of aryl methyl sites for hydroxylation is 1. The molecule has 7 nitrogen and oxygen atoms in total. The summed E-state index contributed by atoms with van der Waals surface area (Å²) in [6.45, 7) is 5.20. The fourth-order valence-electron chi connectivity index (χ4n) is 2.52. The monoisotopic (exact) mass is 429 g/mol.